The molecule has 1 heterocycles. The van der Waals surface area contributed by atoms with E-state index in [0.29, 0.717) is 11.1 Å². The SMILES string of the molecule is CCOC(=O)c1n[nH]nc1-c1ccc(COC(C)CC)c(F)c1. The Labute approximate surface area is 134 Å². The van der Waals surface area contributed by atoms with Crippen LogP contribution in [0.4, 0.5) is 4.39 Å². The molecular formula is C16H20FN3O3. The number of hydrogen-bond donors (Lipinski definition) is 1. The van der Waals surface area contributed by atoms with Crippen LogP contribution in [0.3, 0.4) is 0 Å². The molecule has 2 rings (SSSR count). The Morgan fingerprint density at radius 3 is 2.78 bits per heavy atom. The average molecular weight is 321 g/mol. The van der Waals surface area contributed by atoms with Gasteiger partial charge in [-0.1, -0.05) is 19.1 Å². The van der Waals surface area contributed by atoms with E-state index in [0.717, 1.165) is 6.42 Å². The van der Waals surface area contributed by atoms with Crippen LogP contribution in [0.2, 0.25) is 0 Å². The fraction of sp³-hybridized carbons (Fsp3) is 0.438. The molecule has 0 fully saturated rings. The molecule has 0 amide bonds. The van der Waals surface area contributed by atoms with Gasteiger partial charge < -0.3 is 9.47 Å². The van der Waals surface area contributed by atoms with Gasteiger partial charge >= 0.3 is 5.97 Å². The third-order valence-corrected chi connectivity index (χ3v) is 3.44. The van der Waals surface area contributed by atoms with E-state index in [1.807, 2.05) is 13.8 Å². The maximum atomic E-state index is 14.2. The largest absolute Gasteiger partial charge is 0.461 e. The van der Waals surface area contributed by atoms with Crippen LogP contribution in [0, 0.1) is 5.82 Å². The van der Waals surface area contributed by atoms with Gasteiger partial charge in [0.05, 0.1) is 19.3 Å². The number of rotatable bonds is 7. The second kappa shape index (κ2) is 7.82. The van der Waals surface area contributed by atoms with Crippen LogP contribution < -0.4 is 0 Å². The highest BCUT2D eigenvalue weighted by atomic mass is 19.1. The molecule has 0 spiro atoms. The van der Waals surface area contributed by atoms with E-state index in [9.17, 15) is 9.18 Å². The molecule has 1 unspecified atom stereocenters. The Bertz CT molecular complexity index is 672. The highest BCUT2D eigenvalue weighted by Crippen LogP contribution is 2.23. The van der Waals surface area contributed by atoms with Crippen molar-refractivity contribution >= 4 is 5.97 Å². The van der Waals surface area contributed by atoms with Crippen molar-refractivity contribution in [3.05, 3.63) is 35.3 Å². The van der Waals surface area contributed by atoms with Crippen molar-refractivity contribution in [1.29, 1.82) is 0 Å². The second-order valence-corrected chi connectivity index (χ2v) is 5.08. The number of nitrogens with zero attached hydrogens (tertiary/aromatic N) is 2. The van der Waals surface area contributed by atoms with Gasteiger partial charge in [-0.25, -0.2) is 9.18 Å². The summed E-state index contributed by atoms with van der Waals surface area (Å²) in [5.74, 6) is -1.01. The Kier molecular flexibility index (Phi) is 5.81. The molecule has 0 aliphatic heterocycles. The maximum absolute atomic E-state index is 14.2. The number of carbonyl (C=O) groups excluding carboxylic acids is 1. The molecule has 1 aromatic carbocycles. The average Bonchev–Trinajstić information content (AvgIpc) is 3.03. The molecule has 124 valence electrons. The topological polar surface area (TPSA) is 77.1 Å². The molecule has 0 radical (unpaired) electrons. The lowest BCUT2D eigenvalue weighted by atomic mass is 10.1. The van der Waals surface area contributed by atoms with Gasteiger partial charge in [-0.3, -0.25) is 0 Å². The van der Waals surface area contributed by atoms with E-state index in [1.54, 1.807) is 19.1 Å². The standard InChI is InChI=1S/C16H20FN3O3/c1-4-10(3)23-9-12-7-6-11(8-13(12)17)14-15(19-20-18-14)16(21)22-5-2/h6-8,10H,4-5,9H2,1-3H3,(H,18,19,20). The Balaban J connectivity index is 2.21. The van der Waals surface area contributed by atoms with Gasteiger partial charge in [-0.2, -0.15) is 10.3 Å². The molecule has 2 aromatic rings. The van der Waals surface area contributed by atoms with Crippen LogP contribution in [0.5, 0.6) is 0 Å². The van der Waals surface area contributed by atoms with Crippen LogP contribution in [0.25, 0.3) is 11.3 Å². The molecule has 1 aromatic heterocycles. The van der Waals surface area contributed by atoms with Crippen LogP contribution in [-0.2, 0) is 16.1 Å². The number of carbonyl (C=O) groups is 1. The van der Waals surface area contributed by atoms with Crippen molar-refractivity contribution in [2.75, 3.05) is 6.61 Å². The summed E-state index contributed by atoms with van der Waals surface area (Å²) in [4.78, 5) is 11.8. The number of nitrogens with one attached hydrogen (secondary N) is 1. The number of aromatic nitrogens is 3. The van der Waals surface area contributed by atoms with Gasteiger partial charge in [0.2, 0.25) is 0 Å². The Morgan fingerprint density at radius 2 is 2.13 bits per heavy atom. The molecule has 6 nitrogen and oxygen atoms in total. The van der Waals surface area contributed by atoms with Crippen LogP contribution >= 0.6 is 0 Å². The van der Waals surface area contributed by atoms with Crippen LogP contribution in [-0.4, -0.2) is 34.1 Å². The second-order valence-electron chi connectivity index (χ2n) is 5.08. The molecular weight excluding hydrogens is 301 g/mol. The summed E-state index contributed by atoms with van der Waals surface area (Å²) < 4.78 is 24.7. The first-order valence-corrected chi connectivity index (χ1v) is 7.55. The summed E-state index contributed by atoms with van der Waals surface area (Å²) in [7, 11) is 0. The van der Waals surface area contributed by atoms with E-state index >= 15 is 0 Å². The third-order valence-electron chi connectivity index (χ3n) is 3.44. The molecule has 1 atom stereocenters. The fourth-order valence-corrected chi connectivity index (χ4v) is 1.94. The summed E-state index contributed by atoms with van der Waals surface area (Å²) in [5.41, 5.74) is 1.20. The Hall–Kier alpha value is -2.28. The minimum atomic E-state index is -0.596. The first-order chi connectivity index (χ1) is 11.1. The number of halogens is 1. The van der Waals surface area contributed by atoms with Crippen molar-refractivity contribution in [3.8, 4) is 11.3 Å². The highest BCUT2D eigenvalue weighted by molar-refractivity contribution is 5.93. The van der Waals surface area contributed by atoms with Crippen LogP contribution in [0.15, 0.2) is 18.2 Å². The number of aromatic amines is 1. The lowest BCUT2D eigenvalue weighted by molar-refractivity contribution is 0.0492. The summed E-state index contributed by atoms with van der Waals surface area (Å²) in [5, 5.41) is 10.1. The minimum absolute atomic E-state index is 0.0369. The van der Waals surface area contributed by atoms with Crippen LogP contribution in [0.1, 0.15) is 43.2 Å². The molecule has 0 bridgehead atoms. The Morgan fingerprint density at radius 1 is 1.35 bits per heavy atom. The molecule has 7 heteroatoms. The molecule has 0 saturated carbocycles. The monoisotopic (exact) mass is 321 g/mol. The molecule has 0 saturated heterocycles. The lowest BCUT2D eigenvalue weighted by Gasteiger charge is -2.11. The number of hydrogen-bond acceptors (Lipinski definition) is 5. The van der Waals surface area contributed by atoms with E-state index in [-0.39, 0.29) is 30.7 Å². The van der Waals surface area contributed by atoms with Gasteiger partial charge in [0.25, 0.3) is 0 Å². The number of benzene rings is 1. The molecule has 1 N–H and O–H groups in total. The number of H-pyrrole nitrogens is 1. The predicted octanol–water partition coefficient (Wildman–Crippen LogP) is 3.10. The summed E-state index contributed by atoms with van der Waals surface area (Å²) >= 11 is 0. The zero-order valence-corrected chi connectivity index (χ0v) is 13.4. The first kappa shape index (κ1) is 17.1. The normalized spacial score (nSPS) is 12.2. The third kappa shape index (κ3) is 4.13. The molecule has 23 heavy (non-hydrogen) atoms. The first-order valence-electron chi connectivity index (χ1n) is 7.55. The van der Waals surface area contributed by atoms with Crippen molar-refractivity contribution in [3.63, 3.8) is 0 Å². The van der Waals surface area contributed by atoms with Crippen molar-refractivity contribution < 1.29 is 18.7 Å². The highest BCUT2D eigenvalue weighted by Gasteiger charge is 2.20. The van der Waals surface area contributed by atoms with E-state index in [1.165, 1.54) is 6.07 Å². The van der Waals surface area contributed by atoms with Crippen molar-refractivity contribution in [1.82, 2.24) is 15.4 Å². The van der Waals surface area contributed by atoms with Gasteiger partial charge in [0.15, 0.2) is 5.69 Å². The van der Waals surface area contributed by atoms with Gasteiger partial charge in [0, 0.05) is 11.1 Å². The molecule has 0 aliphatic carbocycles. The minimum Gasteiger partial charge on any atom is -0.461 e. The summed E-state index contributed by atoms with van der Waals surface area (Å²) in [6.45, 7) is 6.07. The maximum Gasteiger partial charge on any atom is 0.361 e. The van der Waals surface area contributed by atoms with Gasteiger partial charge in [-0.05, 0) is 26.3 Å². The fourth-order valence-electron chi connectivity index (χ4n) is 1.94. The van der Waals surface area contributed by atoms with Crippen molar-refractivity contribution in [2.45, 2.75) is 39.9 Å². The zero-order valence-electron chi connectivity index (χ0n) is 13.4. The van der Waals surface area contributed by atoms with Gasteiger partial charge in [0.1, 0.15) is 11.5 Å². The lowest BCUT2D eigenvalue weighted by Crippen LogP contribution is -2.08. The number of ether oxygens (including phenoxy) is 2. The van der Waals surface area contributed by atoms with E-state index < -0.39 is 11.8 Å². The zero-order chi connectivity index (χ0) is 16.8. The summed E-state index contributed by atoms with van der Waals surface area (Å²) in [6.07, 6.45) is 0.932. The predicted molar refractivity (Wildman–Crippen MR) is 82.3 cm³/mol. The quantitative estimate of drug-likeness (QED) is 0.793. The summed E-state index contributed by atoms with van der Waals surface area (Å²) in [6, 6.07) is 4.62. The van der Waals surface area contributed by atoms with Gasteiger partial charge in [-0.15, -0.1) is 5.10 Å². The van der Waals surface area contributed by atoms with E-state index in [2.05, 4.69) is 15.4 Å². The smallest absolute Gasteiger partial charge is 0.361 e. The number of esters is 1. The van der Waals surface area contributed by atoms with Crippen molar-refractivity contribution in [2.24, 2.45) is 0 Å². The van der Waals surface area contributed by atoms with E-state index in [4.69, 9.17) is 9.47 Å². The molecule has 0 aliphatic rings.